The Morgan fingerprint density at radius 3 is 2.14 bits per heavy atom. The van der Waals surface area contributed by atoms with Crippen LogP contribution in [0.15, 0.2) is 42.0 Å². The van der Waals surface area contributed by atoms with Crippen LogP contribution in [0.5, 0.6) is 5.75 Å². The minimum Gasteiger partial charge on any atom is -0.496 e. The second-order valence-electron chi connectivity index (χ2n) is 8.59. The van der Waals surface area contributed by atoms with Gasteiger partial charge in [-0.1, -0.05) is 17.2 Å². The number of allylic oxidation sites excluding steroid dienone is 1. The van der Waals surface area contributed by atoms with E-state index in [2.05, 4.69) is 5.32 Å². The molecule has 0 amide bonds. The predicted molar refractivity (Wildman–Crippen MR) is 122 cm³/mol. The first-order chi connectivity index (χ1) is 16.3. The van der Waals surface area contributed by atoms with Crippen LogP contribution in [0.1, 0.15) is 61.0 Å². The third kappa shape index (κ3) is 6.71. The third-order valence-electron chi connectivity index (χ3n) is 6.13. The van der Waals surface area contributed by atoms with E-state index in [0.717, 1.165) is 42.4 Å². The van der Waals surface area contributed by atoms with Gasteiger partial charge in [-0.3, -0.25) is 0 Å². The molecule has 35 heavy (non-hydrogen) atoms. The van der Waals surface area contributed by atoms with Crippen molar-refractivity contribution < 1.29 is 36.2 Å². The Labute approximate surface area is 204 Å². The zero-order valence-electron chi connectivity index (χ0n) is 19.2. The zero-order chi connectivity index (χ0) is 26.0. The Hall–Kier alpha value is -2.23. The van der Waals surface area contributed by atoms with Gasteiger partial charge in [0.15, 0.2) is 0 Å². The topological polar surface area (TPSA) is 41.5 Å². The summed E-state index contributed by atoms with van der Waals surface area (Å²) < 4.78 is 84.6. The normalized spacial score (nSPS) is 16.9. The lowest BCUT2D eigenvalue weighted by Crippen LogP contribution is -2.34. The first-order valence-corrected chi connectivity index (χ1v) is 11.4. The Bertz CT molecular complexity index is 1050. The van der Waals surface area contributed by atoms with Gasteiger partial charge in [-0.05, 0) is 80.1 Å². The van der Waals surface area contributed by atoms with Gasteiger partial charge in [0.25, 0.3) is 0 Å². The van der Waals surface area contributed by atoms with Crippen molar-refractivity contribution >= 4 is 17.2 Å². The van der Waals surface area contributed by atoms with E-state index in [-0.39, 0.29) is 6.07 Å². The molecule has 0 radical (unpaired) electrons. The molecule has 0 saturated heterocycles. The molecule has 3 nitrogen and oxygen atoms in total. The third-order valence-corrected chi connectivity index (χ3v) is 6.37. The number of alkyl halides is 6. The summed E-state index contributed by atoms with van der Waals surface area (Å²) in [6.45, 7) is 1.82. The van der Waals surface area contributed by atoms with Gasteiger partial charge in [-0.2, -0.15) is 26.3 Å². The highest BCUT2D eigenvalue weighted by atomic mass is 35.5. The van der Waals surface area contributed by atoms with Crippen LogP contribution in [0.25, 0.3) is 5.57 Å². The highest BCUT2D eigenvalue weighted by Crippen LogP contribution is 2.39. The standard InChI is InChI=1S/C25H26ClF6NO2/c1-14(23(34)16-9-17(24(27,28)29)11-18(10-16)25(30,31)32)33-13-15-5-3-4-6-20(15)21-12-19(26)7-8-22(21)35-2/h7-12,14,23,33-34H,3-6,13H2,1-2H3/t14-,23-/m0/s1. The molecule has 0 fully saturated rings. The number of halogens is 7. The van der Waals surface area contributed by atoms with E-state index in [1.807, 2.05) is 0 Å². The maximum Gasteiger partial charge on any atom is 0.416 e. The van der Waals surface area contributed by atoms with Gasteiger partial charge >= 0.3 is 12.4 Å². The molecule has 3 rings (SSSR count). The molecule has 2 aromatic carbocycles. The smallest absolute Gasteiger partial charge is 0.416 e. The van der Waals surface area contributed by atoms with Crippen molar-refractivity contribution in [3.63, 3.8) is 0 Å². The molecule has 1 aliphatic carbocycles. The number of hydrogen-bond acceptors (Lipinski definition) is 3. The Morgan fingerprint density at radius 2 is 1.57 bits per heavy atom. The summed E-state index contributed by atoms with van der Waals surface area (Å²) in [5.41, 5.74) is -0.476. The number of benzene rings is 2. The van der Waals surface area contributed by atoms with Crippen molar-refractivity contribution in [3.8, 4) is 5.75 Å². The molecule has 0 saturated carbocycles. The number of rotatable bonds is 7. The first kappa shape index (κ1) is 27.4. The summed E-state index contributed by atoms with van der Waals surface area (Å²) in [5.74, 6) is 0.653. The maximum absolute atomic E-state index is 13.2. The van der Waals surface area contributed by atoms with E-state index in [0.29, 0.717) is 29.4 Å². The molecular weight excluding hydrogens is 496 g/mol. The fourth-order valence-corrected chi connectivity index (χ4v) is 4.41. The lowest BCUT2D eigenvalue weighted by molar-refractivity contribution is -0.143. The number of methoxy groups -OCH3 is 1. The van der Waals surface area contributed by atoms with E-state index in [1.54, 1.807) is 25.3 Å². The van der Waals surface area contributed by atoms with Crippen molar-refractivity contribution in [2.45, 2.75) is 57.1 Å². The van der Waals surface area contributed by atoms with Gasteiger partial charge < -0.3 is 15.2 Å². The maximum atomic E-state index is 13.2. The van der Waals surface area contributed by atoms with E-state index in [1.165, 1.54) is 6.92 Å². The molecule has 10 heteroatoms. The van der Waals surface area contributed by atoms with Crippen LogP contribution in [-0.2, 0) is 12.4 Å². The summed E-state index contributed by atoms with van der Waals surface area (Å²) in [4.78, 5) is 0. The number of aliphatic hydroxyl groups is 1. The predicted octanol–water partition coefficient (Wildman–Crippen LogP) is 7.43. The molecule has 0 aromatic heterocycles. The number of ether oxygens (including phenoxy) is 1. The molecule has 2 aromatic rings. The quantitative estimate of drug-likeness (QED) is 0.372. The lowest BCUT2D eigenvalue weighted by Gasteiger charge is -2.26. The van der Waals surface area contributed by atoms with Gasteiger partial charge in [-0.15, -0.1) is 0 Å². The number of hydrogen-bond donors (Lipinski definition) is 2. The van der Waals surface area contributed by atoms with Crippen LogP contribution in [0.2, 0.25) is 5.02 Å². The average Bonchev–Trinajstić information content (AvgIpc) is 2.80. The van der Waals surface area contributed by atoms with Gasteiger partial charge in [0.2, 0.25) is 0 Å². The average molecular weight is 522 g/mol. The van der Waals surface area contributed by atoms with Gasteiger partial charge in [0.05, 0.1) is 24.3 Å². The highest BCUT2D eigenvalue weighted by Gasteiger charge is 2.38. The Morgan fingerprint density at radius 1 is 0.971 bits per heavy atom. The first-order valence-electron chi connectivity index (χ1n) is 11.1. The van der Waals surface area contributed by atoms with Crippen LogP contribution in [-0.4, -0.2) is 24.8 Å². The molecule has 0 aliphatic heterocycles. The zero-order valence-corrected chi connectivity index (χ0v) is 19.9. The highest BCUT2D eigenvalue weighted by molar-refractivity contribution is 6.30. The number of nitrogens with one attached hydrogen (secondary N) is 1. The monoisotopic (exact) mass is 521 g/mol. The van der Waals surface area contributed by atoms with E-state index >= 15 is 0 Å². The molecule has 2 N–H and O–H groups in total. The molecule has 192 valence electrons. The van der Waals surface area contributed by atoms with Crippen LogP contribution in [0.3, 0.4) is 0 Å². The minimum atomic E-state index is -4.98. The Balaban J connectivity index is 1.86. The fourth-order valence-electron chi connectivity index (χ4n) is 4.24. The van der Waals surface area contributed by atoms with Gasteiger partial charge in [0, 0.05) is 23.2 Å². The van der Waals surface area contributed by atoms with Crippen molar-refractivity contribution in [3.05, 3.63) is 69.2 Å². The molecule has 2 atom stereocenters. The van der Waals surface area contributed by atoms with E-state index < -0.39 is 41.2 Å². The molecular formula is C25H26ClF6NO2. The molecule has 0 bridgehead atoms. The van der Waals surface area contributed by atoms with Crippen LogP contribution in [0.4, 0.5) is 26.3 Å². The molecule has 0 spiro atoms. The van der Waals surface area contributed by atoms with Crippen LogP contribution < -0.4 is 10.1 Å². The van der Waals surface area contributed by atoms with Gasteiger partial charge in [-0.25, -0.2) is 0 Å². The van der Waals surface area contributed by atoms with E-state index in [4.69, 9.17) is 16.3 Å². The molecule has 0 heterocycles. The minimum absolute atomic E-state index is 0.0474. The molecule has 1 aliphatic rings. The fraction of sp³-hybridized carbons (Fsp3) is 0.440. The van der Waals surface area contributed by atoms with E-state index in [9.17, 15) is 31.4 Å². The van der Waals surface area contributed by atoms with Crippen molar-refractivity contribution in [2.75, 3.05) is 13.7 Å². The summed E-state index contributed by atoms with van der Waals surface area (Å²) in [6, 6.07) is 5.63. The van der Waals surface area contributed by atoms with Crippen LogP contribution in [0, 0.1) is 0 Å². The van der Waals surface area contributed by atoms with Gasteiger partial charge in [0.1, 0.15) is 5.75 Å². The van der Waals surface area contributed by atoms with Crippen LogP contribution >= 0.6 is 11.6 Å². The lowest BCUT2D eigenvalue weighted by atomic mass is 9.86. The Kier molecular flexibility index (Phi) is 8.44. The summed E-state index contributed by atoms with van der Waals surface area (Å²) >= 11 is 6.18. The summed E-state index contributed by atoms with van der Waals surface area (Å²) in [5, 5.41) is 14.3. The van der Waals surface area contributed by atoms with Crippen molar-refractivity contribution in [2.24, 2.45) is 0 Å². The second-order valence-corrected chi connectivity index (χ2v) is 9.02. The van der Waals surface area contributed by atoms with Crippen molar-refractivity contribution in [1.29, 1.82) is 0 Å². The second kappa shape index (κ2) is 10.8. The summed E-state index contributed by atoms with van der Waals surface area (Å²) in [7, 11) is 1.55. The SMILES string of the molecule is COc1ccc(Cl)cc1C1=C(CN[C@@H](C)[C@H](O)c2cc(C(F)(F)F)cc(C(F)(F)F)c2)CCCC1. The number of aliphatic hydroxyl groups excluding tert-OH is 1. The summed E-state index contributed by atoms with van der Waals surface area (Å²) in [6.07, 6.45) is -8.14. The molecule has 0 unspecified atom stereocenters. The van der Waals surface area contributed by atoms with Crippen molar-refractivity contribution in [1.82, 2.24) is 5.32 Å². The largest absolute Gasteiger partial charge is 0.496 e.